The maximum absolute atomic E-state index is 13.0. The molecule has 176 valence electrons. The molecule has 0 aromatic heterocycles. The number of amides is 3. The average Bonchev–Trinajstić information content (AvgIpc) is 3.55. The average molecular weight is 466 g/mol. The van der Waals surface area contributed by atoms with Gasteiger partial charge in [0.2, 0.25) is 0 Å². The van der Waals surface area contributed by atoms with Crippen molar-refractivity contribution in [3.05, 3.63) is 94.6 Å². The Morgan fingerprint density at radius 1 is 0.971 bits per heavy atom. The van der Waals surface area contributed by atoms with Gasteiger partial charge in [0.15, 0.2) is 0 Å². The number of urea groups is 1. The Balaban J connectivity index is 1.11. The number of benzene rings is 2. The number of likely N-dealkylation sites (tertiary alicyclic amines) is 1. The van der Waals surface area contributed by atoms with E-state index < -0.39 is 0 Å². The highest BCUT2D eigenvalue weighted by atomic mass is 16.2. The molecular formula is C28H27N5O2. The number of allylic oxidation sites excluding steroid dienone is 3. The first kappa shape index (κ1) is 21.7. The number of rotatable bonds is 4. The Morgan fingerprint density at radius 3 is 2.60 bits per heavy atom. The minimum absolute atomic E-state index is 0.111. The number of hydrogen-bond donors (Lipinski definition) is 1. The van der Waals surface area contributed by atoms with Crippen LogP contribution in [-0.2, 0) is 24.4 Å². The lowest BCUT2D eigenvalue weighted by molar-refractivity contribution is -0.119. The molecule has 6 rings (SSSR count). The summed E-state index contributed by atoms with van der Waals surface area (Å²) in [5, 5.41) is 11.0. The van der Waals surface area contributed by atoms with Crippen LogP contribution in [0.15, 0.2) is 82.6 Å². The molecule has 3 amide bonds. The van der Waals surface area contributed by atoms with Gasteiger partial charge in [-0.15, -0.1) is 10.2 Å². The van der Waals surface area contributed by atoms with Crippen molar-refractivity contribution in [3.63, 3.8) is 0 Å². The van der Waals surface area contributed by atoms with E-state index in [2.05, 4.69) is 38.6 Å². The summed E-state index contributed by atoms with van der Waals surface area (Å²) >= 11 is 0. The van der Waals surface area contributed by atoms with Gasteiger partial charge in [0.25, 0.3) is 5.91 Å². The Kier molecular flexibility index (Phi) is 5.62. The van der Waals surface area contributed by atoms with Gasteiger partial charge in [-0.1, -0.05) is 54.6 Å². The van der Waals surface area contributed by atoms with Crippen molar-refractivity contribution >= 4 is 23.3 Å². The van der Waals surface area contributed by atoms with E-state index in [4.69, 9.17) is 0 Å². The summed E-state index contributed by atoms with van der Waals surface area (Å²) in [6.07, 6.45) is 10.1. The van der Waals surface area contributed by atoms with Gasteiger partial charge in [-0.25, -0.2) is 4.79 Å². The molecule has 7 nitrogen and oxygen atoms in total. The number of carbonyl (C=O) groups excluding carboxylic acids is 2. The summed E-state index contributed by atoms with van der Waals surface area (Å²) in [5.74, 6) is -0.623. The van der Waals surface area contributed by atoms with Crippen LogP contribution in [0.3, 0.4) is 0 Å². The molecule has 0 bridgehead atoms. The van der Waals surface area contributed by atoms with E-state index in [1.54, 1.807) is 0 Å². The molecule has 1 N–H and O–H groups in total. The Bertz CT molecular complexity index is 1300. The van der Waals surface area contributed by atoms with E-state index in [0.29, 0.717) is 18.8 Å². The number of nitrogens with zero attached hydrogens (tertiary/aromatic N) is 4. The fraction of sp³-hybridized carbons (Fsp3) is 0.286. The largest absolute Gasteiger partial charge is 0.322 e. The predicted molar refractivity (Wildman–Crippen MR) is 134 cm³/mol. The van der Waals surface area contributed by atoms with Crippen LogP contribution < -0.4 is 5.32 Å². The van der Waals surface area contributed by atoms with Crippen molar-refractivity contribution in [1.29, 1.82) is 0 Å². The SMILES string of the molecule is O=C1N=NC(c2ccc(NC(=O)N3Cc4ccc(CN5CCCC5)cc4C3)cc2)=C2C=CC=CC12. The molecule has 1 unspecified atom stereocenters. The van der Waals surface area contributed by atoms with Crippen molar-refractivity contribution in [2.45, 2.75) is 32.5 Å². The molecular weight excluding hydrogens is 438 g/mol. The van der Waals surface area contributed by atoms with Crippen molar-refractivity contribution in [2.75, 3.05) is 18.4 Å². The van der Waals surface area contributed by atoms with Gasteiger partial charge >= 0.3 is 6.03 Å². The van der Waals surface area contributed by atoms with Gasteiger partial charge < -0.3 is 10.2 Å². The normalized spacial score (nSPS) is 21.0. The smallest absolute Gasteiger partial charge is 0.316 e. The standard InChI is InChI=1S/C28H27N5O2/c34-27-25-6-2-1-5-24(25)26(30-31-27)20-9-11-23(12-10-20)29-28(35)33-17-21-8-7-19(15-22(21)18-33)16-32-13-3-4-14-32/h1-2,5-12,15,25H,3-4,13-14,16-18H2,(H,29,35). The van der Waals surface area contributed by atoms with Crippen LogP contribution in [0.2, 0.25) is 0 Å². The lowest BCUT2D eigenvalue weighted by Crippen LogP contribution is -2.30. The second kappa shape index (κ2) is 9.07. The second-order valence-corrected chi connectivity index (χ2v) is 9.51. The maximum atomic E-state index is 13.0. The predicted octanol–water partition coefficient (Wildman–Crippen LogP) is 5.28. The van der Waals surface area contributed by atoms with Crippen LogP contribution in [-0.4, -0.2) is 34.8 Å². The summed E-state index contributed by atoms with van der Waals surface area (Å²) in [4.78, 5) is 29.4. The molecule has 0 radical (unpaired) electrons. The summed E-state index contributed by atoms with van der Waals surface area (Å²) in [5.41, 5.74) is 6.90. The molecule has 0 saturated carbocycles. The van der Waals surface area contributed by atoms with Gasteiger partial charge in [-0.3, -0.25) is 9.69 Å². The molecule has 7 heteroatoms. The van der Waals surface area contributed by atoms with Crippen LogP contribution in [0.4, 0.5) is 10.5 Å². The first-order valence-corrected chi connectivity index (χ1v) is 12.2. The Labute approximate surface area is 204 Å². The molecule has 3 aliphatic heterocycles. The van der Waals surface area contributed by atoms with Gasteiger partial charge in [0.05, 0.1) is 11.6 Å². The van der Waals surface area contributed by atoms with Crippen molar-refractivity contribution in [2.24, 2.45) is 16.1 Å². The Hall–Kier alpha value is -3.84. The van der Waals surface area contributed by atoms with Crippen molar-refractivity contribution in [3.8, 4) is 0 Å². The van der Waals surface area contributed by atoms with Crippen LogP contribution >= 0.6 is 0 Å². The van der Waals surface area contributed by atoms with E-state index in [1.165, 1.54) is 42.6 Å². The molecule has 1 atom stereocenters. The van der Waals surface area contributed by atoms with E-state index in [1.807, 2.05) is 53.5 Å². The first-order chi connectivity index (χ1) is 17.1. The minimum atomic E-state index is -0.375. The lowest BCUT2D eigenvalue weighted by atomic mass is 9.89. The van der Waals surface area contributed by atoms with Gasteiger partial charge in [0.1, 0.15) is 0 Å². The zero-order valence-corrected chi connectivity index (χ0v) is 19.5. The van der Waals surface area contributed by atoms with Crippen LogP contribution in [0, 0.1) is 5.92 Å². The highest BCUT2D eigenvalue weighted by Gasteiger charge is 2.28. The number of fused-ring (bicyclic) bond motifs is 2. The number of hydrogen-bond acceptors (Lipinski definition) is 4. The summed E-state index contributed by atoms with van der Waals surface area (Å²) in [6, 6.07) is 14.0. The van der Waals surface area contributed by atoms with E-state index >= 15 is 0 Å². The van der Waals surface area contributed by atoms with Crippen molar-refractivity contribution in [1.82, 2.24) is 9.80 Å². The molecule has 4 aliphatic rings. The number of anilines is 1. The quantitative estimate of drug-likeness (QED) is 0.668. The third kappa shape index (κ3) is 4.35. The second-order valence-electron chi connectivity index (χ2n) is 9.51. The zero-order valence-electron chi connectivity index (χ0n) is 19.5. The third-order valence-corrected chi connectivity index (χ3v) is 7.11. The van der Waals surface area contributed by atoms with Crippen LogP contribution in [0.25, 0.3) is 5.70 Å². The maximum Gasteiger partial charge on any atom is 0.322 e. The number of nitrogens with one attached hydrogen (secondary N) is 1. The fourth-order valence-corrected chi connectivity index (χ4v) is 5.23. The van der Waals surface area contributed by atoms with Crippen LogP contribution in [0.5, 0.6) is 0 Å². The Morgan fingerprint density at radius 2 is 1.77 bits per heavy atom. The fourth-order valence-electron chi connectivity index (χ4n) is 5.23. The molecule has 0 spiro atoms. The molecule has 1 fully saturated rings. The summed E-state index contributed by atoms with van der Waals surface area (Å²) in [7, 11) is 0. The van der Waals surface area contributed by atoms with E-state index in [0.717, 1.165) is 23.4 Å². The monoisotopic (exact) mass is 465 g/mol. The van der Waals surface area contributed by atoms with Crippen LogP contribution in [0.1, 0.15) is 35.1 Å². The molecule has 2 aromatic rings. The molecule has 3 heterocycles. The molecule has 1 saturated heterocycles. The molecule has 2 aromatic carbocycles. The van der Waals surface area contributed by atoms with E-state index in [9.17, 15) is 9.59 Å². The summed E-state index contributed by atoms with van der Waals surface area (Å²) < 4.78 is 0. The minimum Gasteiger partial charge on any atom is -0.316 e. The number of azo groups is 1. The van der Waals surface area contributed by atoms with E-state index in [-0.39, 0.29) is 17.9 Å². The molecule has 35 heavy (non-hydrogen) atoms. The van der Waals surface area contributed by atoms with Gasteiger partial charge in [-0.2, -0.15) is 0 Å². The topological polar surface area (TPSA) is 77.4 Å². The first-order valence-electron chi connectivity index (χ1n) is 12.2. The highest BCUT2D eigenvalue weighted by molar-refractivity contribution is 5.92. The highest BCUT2D eigenvalue weighted by Crippen LogP contribution is 2.34. The molecule has 1 aliphatic carbocycles. The third-order valence-electron chi connectivity index (χ3n) is 7.11. The van der Waals surface area contributed by atoms with Gasteiger partial charge in [-0.05, 0) is 60.3 Å². The zero-order chi connectivity index (χ0) is 23.8. The van der Waals surface area contributed by atoms with Crippen molar-refractivity contribution < 1.29 is 9.59 Å². The lowest BCUT2D eigenvalue weighted by Gasteiger charge is -2.20. The summed E-state index contributed by atoms with van der Waals surface area (Å²) in [6.45, 7) is 4.59. The van der Waals surface area contributed by atoms with Gasteiger partial charge in [0, 0.05) is 30.9 Å². The number of carbonyl (C=O) groups is 2.